The summed E-state index contributed by atoms with van der Waals surface area (Å²) < 4.78 is 10.4. The third kappa shape index (κ3) is 4.79. The fourth-order valence-electron chi connectivity index (χ4n) is 1.95. The van der Waals surface area contributed by atoms with Crippen molar-refractivity contribution >= 4 is 17.2 Å². The number of benzene rings is 1. The van der Waals surface area contributed by atoms with Gasteiger partial charge in [-0.2, -0.15) is 0 Å². The third-order valence-electron chi connectivity index (χ3n) is 3.08. The van der Waals surface area contributed by atoms with Gasteiger partial charge in [0.25, 0.3) is 0 Å². The third-order valence-corrected chi connectivity index (χ3v) is 4.02. The molecule has 21 heavy (non-hydrogen) atoms. The lowest BCUT2D eigenvalue weighted by Crippen LogP contribution is -2.22. The molecule has 2 aromatic rings. The number of thiophene rings is 1. The summed E-state index contributed by atoms with van der Waals surface area (Å²) in [5.41, 5.74) is 0.954. The van der Waals surface area contributed by atoms with Crippen LogP contribution in [0.25, 0.3) is 0 Å². The Hall–Kier alpha value is -2.01. The maximum Gasteiger partial charge on any atom is 0.220 e. The second-order valence-corrected chi connectivity index (χ2v) is 5.61. The van der Waals surface area contributed by atoms with Gasteiger partial charge in [0.05, 0.1) is 14.2 Å². The highest BCUT2D eigenvalue weighted by molar-refractivity contribution is 7.09. The van der Waals surface area contributed by atoms with E-state index in [0.29, 0.717) is 13.0 Å². The molecular formula is C16H19NO3S. The first-order chi connectivity index (χ1) is 10.2. The second kappa shape index (κ2) is 7.69. The van der Waals surface area contributed by atoms with Gasteiger partial charge in [-0.25, -0.2) is 0 Å². The molecule has 1 aromatic carbocycles. The highest BCUT2D eigenvalue weighted by Gasteiger charge is 2.05. The Labute approximate surface area is 128 Å². The van der Waals surface area contributed by atoms with Crippen LogP contribution in [0.15, 0.2) is 35.7 Å². The topological polar surface area (TPSA) is 47.6 Å². The SMILES string of the molecule is COc1cc(CNC(=O)CCc2cccs2)cc(OC)c1. The molecule has 0 saturated heterocycles. The molecule has 0 unspecified atom stereocenters. The number of carbonyl (C=O) groups excluding carboxylic acids is 1. The Morgan fingerprint density at radius 2 is 1.90 bits per heavy atom. The molecule has 1 aromatic heterocycles. The molecule has 4 nitrogen and oxygen atoms in total. The molecule has 1 heterocycles. The zero-order valence-corrected chi connectivity index (χ0v) is 13.0. The van der Waals surface area contributed by atoms with Crippen molar-refractivity contribution in [3.63, 3.8) is 0 Å². The number of hydrogen-bond acceptors (Lipinski definition) is 4. The second-order valence-electron chi connectivity index (χ2n) is 4.58. The van der Waals surface area contributed by atoms with E-state index in [9.17, 15) is 4.79 Å². The maximum absolute atomic E-state index is 11.9. The molecule has 2 rings (SSSR count). The summed E-state index contributed by atoms with van der Waals surface area (Å²) in [7, 11) is 3.22. The number of hydrogen-bond donors (Lipinski definition) is 1. The van der Waals surface area contributed by atoms with Crippen LogP contribution < -0.4 is 14.8 Å². The minimum atomic E-state index is 0.0465. The Bertz CT molecular complexity index is 559. The average Bonchev–Trinajstić information content (AvgIpc) is 3.03. The van der Waals surface area contributed by atoms with E-state index in [1.807, 2.05) is 35.7 Å². The van der Waals surface area contributed by atoms with E-state index < -0.39 is 0 Å². The zero-order valence-electron chi connectivity index (χ0n) is 12.2. The van der Waals surface area contributed by atoms with Crippen molar-refractivity contribution in [3.05, 3.63) is 46.2 Å². The summed E-state index contributed by atoms with van der Waals surface area (Å²) in [6.07, 6.45) is 1.28. The molecule has 0 bridgehead atoms. The van der Waals surface area contributed by atoms with Gasteiger partial charge in [-0.15, -0.1) is 11.3 Å². The first kappa shape index (κ1) is 15.4. The van der Waals surface area contributed by atoms with Crippen molar-refractivity contribution in [2.45, 2.75) is 19.4 Å². The summed E-state index contributed by atoms with van der Waals surface area (Å²) in [4.78, 5) is 13.1. The average molecular weight is 305 g/mol. The minimum Gasteiger partial charge on any atom is -0.497 e. The van der Waals surface area contributed by atoms with Crippen molar-refractivity contribution in [2.24, 2.45) is 0 Å². The molecule has 0 atom stereocenters. The first-order valence-corrected chi connectivity index (χ1v) is 7.60. The molecule has 0 radical (unpaired) electrons. The molecule has 1 N–H and O–H groups in total. The van der Waals surface area contributed by atoms with Crippen molar-refractivity contribution in [1.29, 1.82) is 0 Å². The van der Waals surface area contributed by atoms with Crippen LogP contribution in [0.4, 0.5) is 0 Å². The quantitative estimate of drug-likeness (QED) is 0.855. The van der Waals surface area contributed by atoms with E-state index in [-0.39, 0.29) is 5.91 Å². The number of aryl methyl sites for hydroxylation is 1. The largest absolute Gasteiger partial charge is 0.497 e. The zero-order chi connectivity index (χ0) is 15.1. The maximum atomic E-state index is 11.9. The fourth-order valence-corrected chi connectivity index (χ4v) is 2.66. The summed E-state index contributed by atoms with van der Waals surface area (Å²) in [5.74, 6) is 1.49. The molecule has 0 fully saturated rings. The number of methoxy groups -OCH3 is 2. The molecule has 0 aliphatic heterocycles. The predicted octanol–water partition coefficient (Wildman–Crippen LogP) is 3.01. The van der Waals surface area contributed by atoms with Crippen LogP contribution in [0.2, 0.25) is 0 Å². The van der Waals surface area contributed by atoms with Gasteiger partial charge in [0, 0.05) is 23.9 Å². The highest BCUT2D eigenvalue weighted by Crippen LogP contribution is 2.22. The lowest BCUT2D eigenvalue weighted by Gasteiger charge is -2.09. The molecule has 0 aliphatic rings. The Morgan fingerprint density at radius 1 is 1.19 bits per heavy atom. The monoisotopic (exact) mass is 305 g/mol. The van der Waals surface area contributed by atoms with Crippen LogP contribution in [0.1, 0.15) is 16.9 Å². The number of ether oxygens (including phenoxy) is 2. The standard InChI is InChI=1S/C16H19NO3S/c1-19-13-8-12(9-14(10-13)20-2)11-17-16(18)6-5-15-4-3-7-21-15/h3-4,7-10H,5-6,11H2,1-2H3,(H,17,18). The fraction of sp³-hybridized carbons (Fsp3) is 0.312. The van der Waals surface area contributed by atoms with Gasteiger partial charge in [0.2, 0.25) is 5.91 Å². The Kier molecular flexibility index (Phi) is 5.63. The smallest absolute Gasteiger partial charge is 0.220 e. The van der Waals surface area contributed by atoms with Crippen LogP contribution in [0.3, 0.4) is 0 Å². The van der Waals surface area contributed by atoms with Gasteiger partial charge in [-0.05, 0) is 35.6 Å². The predicted molar refractivity (Wildman–Crippen MR) is 84.0 cm³/mol. The summed E-state index contributed by atoms with van der Waals surface area (Å²) >= 11 is 1.68. The van der Waals surface area contributed by atoms with Crippen molar-refractivity contribution in [1.82, 2.24) is 5.32 Å². The van der Waals surface area contributed by atoms with Crippen molar-refractivity contribution < 1.29 is 14.3 Å². The van der Waals surface area contributed by atoms with Crippen molar-refractivity contribution in [2.75, 3.05) is 14.2 Å². The van der Waals surface area contributed by atoms with E-state index in [0.717, 1.165) is 23.5 Å². The Balaban J connectivity index is 1.85. The van der Waals surface area contributed by atoms with Gasteiger partial charge in [0.15, 0.2) is 0 Å². The lowest BCUT2D eigenvalue weighted by molar-refractivity contribution is -0.121. The molecule has 5 heteroatoms. The van der Waals surface area contributed by atoms with Crippen LogP contribution >= 0.6 is 11.3 Å². The van der Waals surface area contributed by atoms with E-state index in [1.54, 1.807) is 25.6 Å². The van der Waals surface area contributed by atoms with E-state index in [2.05, 4.69) is 5.32 Å². The minimum absolute atomic E-state index is 0.0465. The van der Waals surface area contributed by atoms with Crippen LogP contribution in [-0.2, 0) is 17.8 Å². The lowest BCUT2D eigenvalue weighted by atomic mass is 10.2. The summed E-state index contributed by atoms with van der Waals surface area (Å²) in [5, 5.41) is 4.94. The van der Waals surface area contributed by atoms with Crippen LogP contribution in [0.5, 0.6) is 11.5 Å². The summed E-state index contributed by atoms with van der Waals surface area (Å²) in [6.45, 7) is 0.469. The molecule has 1 amide bonds. The first-order valence-electron chi connectivity index (χ1n) is 6.72. The van der Waals surface area contributed by atoms with Gasteiger partial charge in [-0.1, -0.05) is 6.07 Å². The van der Waals surface area contributed by atoms with Crippen LogP contribution in [0, 0.1) is 0 Å². The normalized spacial score (nSPS) is 10.2. The highest BCUT2D eigenvalue weighted by atomic mass is 32.1. The number of rotatable bonds is 7. The number of nitrogens with one attached hydrogen (secondary N) is 1. The van der Waals surface area contributed by atoms with Gasteiger partial charge < -0.3 is 14.8 Å². The molecule has 0 saturated carbocycles. The van der Waals surface area contributed by atoms with Crippen molar-refractivity contribution in [3.8, 4) is 11.5 Å². The van der Waals surface area contributed by atoms with E-state index in [1.165, 1.54) is 4.88 Å². The Morgan fingerprint density at radius 3 is 2.48 bits per heavy atom. The van der Waals surface area contributed by atoms with E-state index in [4.69, 9.17) is 9.47 Å². The van der Waals surface area contributed by atoms with Gasteiger partial charge in [-0.3, -0.25) is 4.79 Å². The number of amides is 1. The van der Waals surface area contributed by atoms with E-state index >= 15 is 0 Å². The molecule has 0 aliphatic carbocycles. The molecular weight excluding hydrogens is 286 g/mol. The molecule has 0 spiro atoms. The van der Waals surface area contributed by atoms with Gasteiger partial charge >= 0.3 is 0 Å². The molecule has 112 valence electrons. The van der Waals surface area contributed by atoms with Crippen LogP contribution in [-0.4, -0.2) is 20.1 Å². The van der Waals surface area contributed by atoms with Gasteiger partial charge in [0.1, 0.15) is 11.5 Å². The summed E-state index contributed by atoms with van der Waals surface area (Å²) in [6, 6.07) is 9.64. The number of carbonyl (C=O) groups is 1.